The van der Waals surface area contributed by atoms with Crippen LogP contribution in [0, 0.1) is 0 Å². The van der Waals surface area contributed by atoms with Crippen molar-refractivity contribution in [2.75, 3.05) is 31.6 Å². The summed E-state index contributed by atoms with van der Waals surface area (Å²) >= 11 is 12.0. The molecule has 0 bridgehead atoms. The Morgan fingerprint density at radius 2 is 1.74 bits per heavy atom. The predicted molar refractivity (Wildman–Crippen MR) is 106 cm³/mol. The van der Waals surface area contributed by atoms with E-state index in [-0.39, 0.29) is 16.7 Å². The second-order valence-corrected chi connectivity index (χ2v) is 8.77. The molecule has 9 heteroatoms. The van der Waals surface area contributed by atoms with Gasteiger partial charge in [0.05, 0.1) is 34.7 Å². The Labute approximate surface area is 168 Å². The molecule has 0 atom stereocenters. The summed E-state index contributed by atoms with van der Waals surface area (Å²) in [5, 5.41) is 3.30. The lowest BCUT2D eigenvalue weighted by Crippen LogP contribution is -2.41. The van der Waals surface area contributed by atoms with Gasteiger partial charge in [-0.15, -0.1) is 0 Å². The highest BCUT2D eigenvalue weighted by atomic mass is 35.5. The van der Waals surface area contributed by atoms with Gasteiger partial charge in [0.15, 0.2) is 0 Å². The molecule has 144 valence electrons. The summed E-state index contributed by atoms with van der Waals surface area (Å²) in [6.07, 6.45) is 0. The Hall–Kier alpha value is -1.64. The van der Waals surface area contributed by atoms with Gasteiger partial charge in [0.2, 0.25) is 10.0 Å². The van der Waals surface area contributed by atoms with E-state index in [9.17, 15) is 13.2 Å². The van der Waals surface area contributed by atoms with Crippen molar-refractivity contribution in [3.63, 3.8) is 0 Å². The molecule has 0 saturated carbocycles. The molecule has 1 saturated heterocycles. The van der Waals surface area contributed by atoms with Crippen molar-refractivity contribution in [2.45, 2.75) is 5.75 Å². The number of ether oxygens (including phenoxy) is 1. The highest BCUT2D eigenvalue weighted by Crippen LogP contribution is 2.29. The summed E-state index contributed by atoms with van der Waals surface area (Å²) in [4.78, 5) is 12.4. The fraction of sp³-hybridized carbons (Fsp3) is 0.278. The third-order valence-electron chi connectivity index (χ3n) is 4.13. The van der Waals surface area contributed by atoms with Gasteiger partial charge in [-0.2, -0.15) is 4.31 Å². The Balaban J connectivity index is 1.67. The second-order valence-electron chi connectivity index (χ2n) is 6.02. The van der Waals surface area contributed by atoms with Crippen LogP contribution in [0.25, 0.3) is 0 Å². The fourth-order valence-corrected chi connectivity index (χ4v) is 4.52. The summed E-state index contributed by atoms with van der Waals surface area (Å²) in [5.41, 5.74) is 1.41. The zero-order valence-corrected chi connectivity index (χ0v) is 16.6. The highest BCUT2D eigenvalue weighted by Gasteiger charge is 2.24. The predicted octanol–water partition coefficient (Wildman–Crippen LogP) is 3.41. The maximum atomic E-state index is 12.4. The number of halogens is 2. The van der Waals surface area contributed by atoms with Gasteiger partial charge < -0.3 is 10.1 Å². The number of nitrogens with zero attached hydrogens (tertiary/aromatic N) is 1. The van der Waals surface area contributed by atoms with E-state index in [1.807, 2.05) is 0 Å². The first-order valence-electron chi connectivity index (χ1n) is 8.27. The molecule has 6 nitrogen and oxygen atoms in total. The first-order valence-corrected chi connectivity index (χ1v) is 10.6. The van der Waals surface area contributed by atoms with Crippen LogP contribution in [0.1, 0.15) is 15.9 Å². The molecule has 0 aliphatic carbocycles. The summed E-state index contributed by atoms with van der Waals surface area (Å²) in [6.45, 7) is 1.54. The average Bonchev–Trinajstić information content (AvgIpc) is 2.66. The van der Waals surface area contributed by atoms with Crippen LogP contribution in [-0.4, -0.2) is 44.9 Å². The number of sulfonamides is 1. The first kappa shape index (κ1) is 20.1. The molecular weight excluding hydrogens is 411 g/mol. The number of carbonyl (C=O) groups excluding carboxylic acids is 1. The van der Waals surface area contributed by atoms with Gasteiger partial charge in [-0.25, -0.2) is 8.42 Å². The zero-order valence-electron chi connectivity index (χ0n) is 14.3. The van der Waals surface area contributed by atoms with E-state index in [2.05, 4.69) is 5.32 Å². The van der Waals surface area contributed by atoms with Crippen molar-refractivity contribution >= 4 is 44.8 Å². The molecule has 1 amide bonds. The summed E-state index contributed by atoms with van der Waals surface area (Å²) < 4.78 is 31.5. The number of rotatable bonds is 5. The molecule has 0 radical (unpaired) electrons. The topological polar surface area (TPSA) is 75.7 Å². The quantitative estimate of drug-likeness (QED) is 0.791. The van der Waals surface area contributed by atoms with Gasteiger partial charge in [0.1, 0.15) is 0 Å². The Bertz CT molecular complexity index is 927. The van der Waals surface area contributed by atoms with Crippen LogP contribution in [0.4, 0.5) is 5.69 Å². The molecule has 1 aliphatic heterocycles. The number of amides is 1. The molecule has 1 N–H and O–H groups in total. The van der Waals surface area contributed by atoms with Gasteiger partial charge in [-0.05, 0) is 29.8 Å². The van der Waals surface area contributed by atoms with Crippen LogP contribution < -0.4 is 5.32 Å². The summed E-state index contributed by atoms with van der Waals surface area (Å²) in [5.74, 6) is -0.476. The maximum Gasteiger partial charge on any atom is 0.255 e. The zero-order chi connectivity index (χ0) is 19.4. The number of nitrogens with one attached hydrogen (secondary N) is 1. The molecule has 0 unspecified atom stereocenters. The van der Waals surface area contributed by atoms with Gasteiger partial charge in [0.25, 0.3) is 5.91 Å². The van der Waals surface area contributed by atoms with E-state index in [4.69, 9.17) is 27.9 Å². The van der Waals surface area contributed by atoms with E-state index < -0.39 is 10.0 Å². The SMILES string of the molecule is O=C(Nc1cccc(Cl)c1Cl)c1ccc(CS(=O)(=O)N2CCOCC2)cc1. The van der Waals surface area contributed by atoms with Gasteiger partial charge in [0, 0.05) is 18.7 Å². The minimum atomic E-state index is -3.41. The molecular formula is C18H18Cl2N2O4S. The van der Waals surface area contributed by atoms with Crippen LogP contribution >= 0.6 is 23.2 Å². The van der Waals surface area contributed by atoms with E-state index in [1.165, 1.54) is 4.31 Å². The molecule has 0 aromatic heterocycles. The molecule has 0 spiro atoms. The standard InChI is InChI=1S/C18H18Cl2N2O4S/c19-15-2-1-3-16(17(15)20)21-18(23)14-6-4-13(5-7-14)12-27(24,25)22-8-10-26-11-9-22/h1-7H,8-12H2,(H,21,23). The van der Waals surface area contributed by atoms with E-state index in [0.29, 0.717) is 48.1 Å². The lowest BCUT2D eigenvalue weighted by atomic mass is 10.1. The van der Waals surface area contributed by atoms with Crippen molar-refractivity contribution in [1.29, 1.82) is 0 Å². The summed E-state index contributed by atoms with van der Waals surface area (Å²) in [6, 6.07) is 11.4. The van der Waals surface area contributed by atoms with Crippen molar-refractivity contribution in [2.24, 2.45) is 0 Å². The summed E-state index contributed by atoms with van der Waals surface area (Å²) in [7, 11) is -3.41. The fourth-order valence-electron chi connectivity index (χ4n) is 2.67. The van der Waals surface area contributed by atoms with Crippen LogP contribution in [-0.2, 0) is 20.5 Å². The van der Waals surface area contributed by atoms with E-state index >= 15 is 0 Å². The number of hydrogen-bond donors (Lipinski definition) is 1. The number of morpholine rings is 1. The third-order valence-corrected chi connectivity index (χ3v) is 6.80. The van der Waals surface area contributed by atoms with Crippen LogP contribution in [0.3, 0.4) is 0 Å². The van der Waals surface area contributed by atoms with Crippen molar-refractivity contribution in [1.82, 2.24) is 4.31 Å². The van der Waals surface area contributed by atoms with Crippen LogP contribution in [0.5, 0.6) is 0 Å². The van der Waals surface area contributed by atoms with Crippen LogP contribution in [0.2, 0.25) is 10.0 Å². The number of benzene rings is 2. The average molecular weight is 429 g/mol. The van der Waals surface area contributed by atoms with Crippen LogP contribution in [0.15, 0.2) is 42.5 Å². The van der Waals surface area contributed by atoms with Gasteiger partial charge in [-0.1, -0.05) is 41.4 Å². The lowest BCUT2D eigenvalue weighted by Gasteiger charge is -2.26. The van der Waals surface area contributed by atoms with Crippen molar-refractivity contribution < 1.29 is 17.9 Å². The van der Waals surface area contributed by atoms with E-state index in [0.717, 1.165) is 0 Å². The number of carbonyl (C=O) groups is 1. The van der Waals surface area contributed by atoms with Gasteiger partial charge in [-0.3, -0.25) is 4.79 Å². The second kappa shape index (κ2) is 8.58. The highest BCUT2D eigenvalue weighted by molar-refractivity contribution is 7.88. The normalized spacial score (nSPS) is 15.5. The molecule has 1 fully saturated rings. The number of anilines is 1. The molecule has 2 aromatic rings. The lowest BCUT2D eigenvalue weighted by molar-refractivity contribution is 0.0729. The molecule has 2 aromatic carbocycles. The monoisotopic (exact) mass is 428 g/mol. The molecule has 1 heterocycles. The smallest absolute Gasteiger partial charge is 0.255 e. The number of hydrogen-bond acceptors (Lipinski definition) is 4. The van der Waals surface area contributed by atoms with E-state index in [1.54, 1.807) is 42.5 Å². The van der Waals surface area contributed by atoms with Crippen molar-refractivity contribution in [3.05, 3.63) is 63.6 Å². The molecule has 1 aliphatic rings. The minimum Gasteiger partial charge on any atom is -0.379 e. The minimum absolute atomic E-state index is 0.116. The molecule has 3 rings (SSSR count). The largest absolute Gasteiger partial charge is 0.379 e. The van der Waals surface area contributed by atoms with Crippen molar-refractivity contribution in [3.8, 4) is 0 Å². The molecule has 27 heavy (non-hydrogen) atoms. The Morgan fingerprint density at radius 1 is 1.07 bits per heavy atom. The Morgan fingerprint density at radius 3 is 2.41 bits per heavy atom. The maximum absolute atomic E-state index is 12.4. The Kier molecular flexibility index (Phi) is 6.39. The van der Waals surface area contributed by atoms with Gasteiger partial charge >= 0.3 is 0 Å². The first-order chi connectivity index (χ1) is 12.9. The third kappa shape index (κ3) is 5.00.